The molecule has 2 rings (SSSR count). The molecule has 2 atom stereocenters. The molecule has 0 heterocycles. The summed E-state index contributed by atoms with van der Waals surface area (Å²) < 4.78 is 0. The van der Waals surface area contributed by atoms with Gasteiger partial charge >= 0.3 is 0 Å². The van der Waals surface area contributed by atoms with Crippen LogP contribution in [0.1, 0.15) is 46.0 Å². The third-order valence-electron chi connectivity index (χ3n) is 4.27. The summed E-state index contributed by atoms with van der Waals surface area (Å²) in [6.45, 7) is 8.24. The Balaban J connectivity index is 2.27. The van der Waals surface area contributed by atoms with Gasteiger partial charge in [-0.1, -0.05) is 25.2 Å². The number of ketones is 1. The third-order valence-corrected chi connectivity index (χ3v) is 4.27. The van der Waals surface area contributed by atoms with Crippen molar-refractivity contribution in [1.82, 2.24) is 0 Å². The maximum absolute atomic E-state index is 11.4. The SMILES string of the molecule is C=C1CCC[C@@]2(C)CC=C(C(C)=O)C[C@H]12. The van der Waals surface area contributed by atoms with Gasteiger partial charge < -0.3 is 0 Å². The summed E-state index contributed by atoms with van der Waals surface area (Å²) in [6, 6.07) is 0. The van der Waals surface area contributed by atoms with Crippen molar-refractivity contribution in [3.8, 4) is 0 Å². The van der Waals surface area contributed by atoms with Gasteiger partial charge in [-0.2, -0.15) is 0 Å². The Bertz CT molecular complexity index is 337. The largest absolute Gasteiger partial charge is 0.295 e. The van der Waals surface area contributed by atoms with Gasteiger partial charge in [-0.05, 0) is 55.9 Å². The van der Waals surface area contributed by atoms with Crippen LogP contribution in [0.3, 0.4) is 0 Å². The van der Waals surface area contributed by atoms with E-state index in [1.165, 1.54) is 18.4 Å². The number of carbonyl (C=O) groups excluding carboxylic acids is 1. The predicted molar refractivity (Wildman–Crippen MR) is 62.6 cm³/mol. The van der Waals surface area contributed by atoms with E-state index in [-0.39, 0.29) is 5.78 Å². The smallest absolute Gasteiger partial charge is 0.155 e. The van der Waals surface area contributed by atoms with Gasteiger partial charge in [0.1, 0.15) is 0 Å². The lowest BCUT2D eigenvalue weighted by Crippen LogP contribution is -2.35. The Labute approximate surface area is 92.3 Å². The van der Waals surface area contributed by atoms with Crippen LogP contribution < -0.4 is 0 Å². The molecule has 2 aliphatic rings. The van der Waals surface area contributed by atoms with Crippen LogP contribution in [0.2, 0.25) is 0 Å². The highest BCUT2D eigenvalue weighted by molar-refractivity contribution is 5.93. The molecule has 0 bridgehead atoms. The summed E-state index contributed by atoms with van der Waals surface area (Å²) in [5, 5.41) is 0. The second-order valence-electron chi connectivity index (χ2n) is 5.41. The van der Waals surface area contributed by atoms with Crippen LogP contribution in [-0.2, 0) is 4.79 Å². The van der Waals surface area contributed by atoms with E-state index in [9.17, 15) is 4.79 Å². The summed E-state index contributed by atoms with van der Waals surface area (Å²) in [4.78, 5) is 11.4. The minimum atomic E-state index is 0.246. The zero-order valence-electron chi connectivity index (χ0n) is 9.81. The first-order chi connectivity index (χ1) is 7.03. The number of hydrogen-bond acceptors (Lipinski definition) is 1. The first-order valence-electron chi connectivity index (χ1n) is 5.90. The molecule has 1 nitrogen and oxygen atoms in total. The standard InChI is InChI=1S/C14H20O/c1-10-5-4-7-14(3)8-6-12(11(2)15)9-13(10)14/h6,13H,1,4-5,7-9H2,2-3H3/t13-,14+/m1/s1. The highest BCUT2D eigenvalue weighted by Gasteiger charge is 2.40. The van der Waals surface area contributed by atoms with Crippen molar-refractivity contribution in [3.05, 3.63) is 23.8 Å². The summed E-state index contributed by atoms with van der Waals surface area (Å²) in [6.07, 6.45) is 7.88. The third kappa shape index (κ3) is 1.80. The number of rotatable bonds is 1. The molecule has 0 aliphatic heterocycles. The minimum absolute atomic E-state index is 0.246. The van der Waals surface area contributed by atoms with Gasteiger partial charge in [-0.15, -0.1) is 0 Å². The Kier molecular flexibility index (Phi) is 2.57. The van der Waals surface area contributed by atoms with Crippen molar-refractivity contribution >= 4 is 5.78 Å². The van der Waals surface area contributed by atoms with Crippen LogP contribution in [0, 0.1) is 11.3 Å². The van der Waals surface area contributed by atoms with E-state index in [2.05, 4.69) is 19.6 Å². The molecular weight excluding hydrogens is 184 g/mol. The monoisotopic (exact) mass is 204 g/mol. The van der Waals surface area contributed by atoms with Crippen LogP contribution in [0.4, 0.5) is 0 Å². The van der Waals surface area contributed by atoms with Gasteiger partial charge in [0.2, 0.25) is 0 Å². The maximum atomic E-state index is 11.4. The van der Waals surface area contributed by atoms with Gasteiger partial charge in [0.05, 0.1) is 0 Å². The zero-order chi connectivity index (χ0) is 11.1. The fraction of sp³-hybridized carbons (Fsp3) is 0.643. The lowest BCUT2D eigenvalue weighted by atomic mass is 9.59. The Hall–Kier alpha value is -0.850. The first kappa shape index (κ1) is 10.7. The van der Waals surface area contributed by atoms with E-state index in [4.69, 9.17) is 0 Å². The van der Waals surface area contributed by atoms with Crippen LogP contribution in [0.15, 0.2) is 23.8 Å². The molecule has 0 saturated heterocycles. The van der Waals surface area contributed by atoms with Crippen molar-refractivity contribution in [2.24, 2.45) is 11.3 Å². The molecular formula is C14H20O. The van der Waals surface area contributed by atoms with E-state index in [1.807, 2.05) is 0 Å². The van der Waals surface area contributed by atoms with Crippen LogP contribution in [-0.4, -0.2) is 5.78 Å². The lowest BCUT2D eigenvalue weighted by Gasteiger charge is -2.45. The highest BCUT2D eigenvalue weighted by Crippen LogP contribution is 2.51. The molecule has 1 saturated carbocycles. The first-order valence-corrected chi connectivity index (χ1v) is 5.90. The van der Waals surface area contributed by atoms with Gasteiger partial charge in [0.15, 0.2) is 5.78 Å². The summed E-state index contributed by atoms with van der Waals surface area (Å²) in [7, 11) is 0. The van der Waals surface area contributed by atoms with Crippen molar-refractivity contribution in [1.29, 1.82) is 0 Å². The predicted octanol–water partition coefficient (Wildman–Crippen LogP) is 3.66. The molecule has 82 valence electrons. The van der Waals surface area contributed by atoms with Crippen molar-refractivity contribution < 1.29 is 4.79 Å². The van der Waals surface area contributed by atoms with E-state index in [1.54, 1.807) is 6.92 Å². The molecule has 0 amide bonds. The van der Waals surface area contributed by atoms with Crippen LogP contribution >= 0.6 is 0 Å². The number of fused-ring (bicyclic) bond motifs is 1. The molecule has 0 aromatic carbocycles. The quantitative estimate of drug-likeness (QED) is 0.596. The van der Waals surface area contributed by atoms with E-state index in [0.717, 1.165) is 24.8 Å². The van der Waals surface area contributed by atoms with Crippen LogP contribution in [0.25, 0.3) is 0 Å². The van der Waals surface area contributed by atoms with Crippen molar-refractivity contribution in [3.63, 3.8) is 0 Å². The highest BCUT2D eigenvalue weighted by atomic mass is 16.1. The molecule has 0 unspecified atom stereocenters. The Morgan fingerprint density at radius 1 is 1.60 bits per heavy atom. The number of carbonyl (C=O) groups is 1. The molecule has 0 radical (unpaired) electrons. The molecule has 15 heavy (non-hydrogen) atoms. The molecule has 0 spiro atoms. The molecule has 0 aromatic rings. The van der Waals surface area contributed by atoms with Gasteiger partial charge in [0.25, 0.3) is 0 Å². The molecule has 1 heteroatoms. The minimum Gasteiger partial charge on any atom is -0.295 e. The van der Waals surface area contributed by atoms with Gasteiger partial charge in [-0.3, -0.25) is 4.79 Å². The number of Topliss-reactive ketones (excluding diaryl/α,β-unsaturated/α-hetero) is 1. The van der Waals surface area contributed by atoms with E-state index in [0.29, 0.717) is 11.3 Å². The average molecular weight is 204 g/mol. The lowest BCUT2D eigenvalue weighted by molar-refractivity contribution is -0.114. The summed E-state index contributed by atoms with van der Waals surface area (Å²) in [5.41, 5.74) is 2.78. The number of allylic oxidation sites excluding steroid dienone is 3. The second-order valence-corrected chi connectivity index (χ2v) is 5.41. The molecule has 1 fully saturated rings. The maximum Gasteiger partial charge on any atom is 0.155 e. The van der Waals surface area contributed by atoms with Crippen LogP contribution in [0.5, 0.6) is 0 Å². The second kappa shape index (κ2) is 3.62. The number of hydrogen-bond donors (Lipinski definition) is 0. The van der Waals surface area contributed by atoms with E-state index < -0.39 is 0 Å². The molecule has 0 N–H and O–H groups in total. The zero-order valence-corrected chi connectivity index (χ0v) is 9.81. The summed E-state index contributed by atoms with van der Waals surface area (Å²) >= 11 is 0. The molecule has 0 aromatic heterocycles. The Morgan fingerprint density at radius 3 is 3.00 bits per heavy atom. The average Bonchev–Trinajstić information content (AvgIpc) is 2.17. The van der Waals surface area contributed by atoms with Crippen molar-refractivity contribution in [2.75, 3.05) is 0 Å². The molecule has 2 aliphatic carbocycles. The topological polar surface area (TPSA) is 17.1 Å². The fourth-order valence-electron chi connectivity index (χ4n) is 3.14. The fourth-order valence-corrected chi connectivity index (χ4v) is 3.14. The van der Waals surface area contributed by atoms with Gasteiger partial charge in [0, 0.05) is 0 Å². The normalized spacial score (nSPS) is 35.7. The van der Waals surface area contributed by atoms with E-state index >= 15 is 0 Å². The Morgan fingerprint density at radius 2 is 2.33 bits per heavy atom. The van der Waals surface area contributed by atoms with Crippen molar-refractivity contribution in [2.45, 2.75) is 46.0 Å². The summed E-state index contributed by atoms with van der Waals surface area (Å²) in [5.74, 6) is 0.797. The van der Waals surface area contributed by atoms with Gasteiger partial charge in [-0.25, -0.2) is 0 Å².